The van der Waals surface area contributed by atoms with Gasteiger partial charge in [-0.2, -0.15) is 0 Å². The second kappa shape index (κ2) is 10.7. The van der Waals surface area contributed by atoms with Gasteiger partial charge < -0.3 is 5.11 Å². The average Bonchev–Trinajstić information content (AvgIpc) is 3.13. The molecule has 0 bridgehead atoms. The second-order valence-electron chi connectivity index (χ2n) is 14.0. The lowest BCUT2D eigenvalue weighted by Gasteiger charge is -2.58. The molecule has 4 rings (SSSR count). The Hall–Kier alpha value is -0.790. The minimum Gasteiger partial charge on any atom is -0.481 e. The number of hydrogen-bond donors (Lipinski definition) is 1. The molecular weight excluding hydrogens is 416 g/mol. The van der Waals surface area contributed by atoms with Gasteiger partial charge >= 0.3 is 5.97 Å². The van der Waals surface area contributed by atoms with Gasteiger partial charge in [-0.3, -0.25) is 4.79 Å². The summed E-state index contributed by atoms with van der Waals surface area (Å²) in [6, 6.07) is 0. The molecule has 0 amide bonds. The van der Waals surface area contributed by atoms with Crippen molar-refractivity contribution in [1.82, 2.24) is 0 Å². The molecular formula is C32H54O2. The van der Waals surface area contributed by atoms with Crippen LogP contribution < -0.4 is 0 Å². The van der Waals surface area contributed by atoms with Crippen molar-refractivity contribution >= 4 is 5.97 Å². The highest BCUT2D eigenvalue weighted by atomic mass is 16.4. The molecule has 0 radical (unpaired) electrons. The lowest BCUT2D eigenvalue weighted by molar-refractivity contribution is -0.137. The number of carboxylic acid groups (broad SMARTS) is 1. The SMILES string of the molecule is CC(C)CCC[C@@H](C)[C@H]1CCC2C3CC=C4CC(CCCCC(=O)O)CC[C@]4(C)C3CC[C@@]21C. The average molecular weight is 471 g/mol. The normalized spacial score (nSPS) is 40.3. The summed E-state index contributed by atoms with van der Waals surface area (Å²) >= 11 is 0. The van der Waals surface area contributed by atoms with Gasteiger partial charge in [0, 0.05) is 6.42 Å². The number of aliphatic carboxylic acids is 1. The fourth-order valence-corrected chi connectivity index (χ4v) is 9.72. The second-order valence-corrected chi connectivity index (χ2v) is 14.0. The predicted molar refractivity (Wildman–Crippen MR) is 143 cm³/mol. The maximum absolute atomic E-state index is 10.8. The van der Waals surface area contributed by atoms with E-state index in [0.717, 1.165) is 54.3 Å². The number of rotatable bonds is 10. The summed E-state index contributed by atoms with van der Waals surface area (Å²) in [6.45, 7) is 12.7. The Balaban J connectivity index is 1.38. The minimum absolute atomic E-state index is 0.342. The molecule has 3 fully saturated rings. The third kappa shape index (κ3) is 5.17. The lowest BCUT2D eigenvalue weighted by atomic mass is 9.46. The van der Waals surface area contributed by atoms with Crippen LogP contribution in [-0.4, -0.2) is 11.1 Å². The van der Waals surface area contributed by atoms with Crippen molar-refractivity contribution < 1.29 is 9.90 Å². The number of hydrogen-bond acceptors (Lipinski definition) is 1. The topological polar surface area (TPSA) is 37.3 Å². The first-order valence-electron chi connectivity index (χ1n) is 15.1. The van der Waals surface area contributed by atoms with E-state index in [-0.39, 0.29) is 0 Å². The van der Waals surface area contributed by atoms with Crippen molar-refractivity contribution in [2.24, 2.45) is 52.3 Å². The number of allylic oxidation sites excluding steroid dienone is 2. The van der Waals surface area contributed by atoms with E-state index in [4.69, 9.17) is 5.11 Å². The van der Waals surface area contributed by atoms with Gasteiger partial charge in [0.1, 0.15) is 0 Å². The van der Waals surface area contributed by atoms with Gasteiger partial charge in [0.25, 0.3) is 0 Å². The molecule has 0 aromatic rings. The highest BCUT2D eigenvalue weighted by molar-refractivity contribution is 5.66. The molecule has 0 aromatic carbocycles. The molecule has 0 aromatic heterocycles. The summed E-state index contributed by atoms with van der Waals surface area (Å²) in [5, 5.41) is 8.93. The fourth-order valence-electron chi connectivity index (χ4n) is 9.72. The molecule has 4 aliphatic carbocycles. The first-order chi connectivity index (χ1) is 16.1. The molecule has 8 atom stereocenters. The molecule has 4 aliphatic rings. The molecule has 0 aliphatic heterocycles. The standard InChI is InChI=1S/C32H54O2/c1-22(2)9-8-10-23(3)27-15-16-28-26-14-13-25-21-24(11-6-7-12-30(33)34)17-19-31(25,4)29(26)18-20-32(27,28)5/h13,22-24,26-29H,6-12,14-21H2,1-5H3,(H,33,34)/t23-,24?,26?,27-,28?,29?,31+,32-/m1/s1. The molecule has 1 N–H and O–H groups in total. The van der Waals surface area contributed by atoms with Gasteiger partial charge in [0.15, 0.2) is 0 Å². The van der Waals surface area contributed by atoms with E-state index in [9.17, 15) is 4.79 Å². The van der Waals surface area contributed by atoms with E-state index >= 15 is 0 Å². The van der Waals surface area contributed by atoms with Gasteiger partial charge in [0.05, 0.1) is 0 Å². The Kier molecular flexibility index (Phi) is 8.25. The number of unbranched alkanes of at least 4 members (excludes halogenated alkanes) is 1. The van der Waals surface area contributed by atoms with E-state index in [1.807, 2.05) is 0 Å². The van der Waals surface area contributed by atoms with Crippen LogP contribution in [0.3, 0.4) is 0 Å². The minimum atomic E-state index is -0.638. The van der Waals surface area contributed by atoms with E-state index < -0.39 is 5.97 Å². The van der Waals surface area contributed by atoms with Crippen molar-refractivity contribution in [3.8, 4) is 0 Å². The molecule has 4 unspecified atom stereocenters. The number of carboxylic acids is 1. The maximum atomic E-state index is 10.8. The smallest absolute Gasteiger partial charge is 0.303 e. The van der Waals surface area contributed by atoms with E-state index in [0.29, 0.717) is 17.3 Å². The molecule has 0 heterocycles. The zero-order valence-electron chi connectivity index (χ0n) is 23.1. The largest absolute Gasteiger partial charge is 0.481 e. The van der Waals surface area contributed by atoms with Gasteiger partial charge in [-0.25, -0.2) is 0 Å². The van der Waals surface area contributed by atoms with Crippen molar-refractivity contribution in [2.75, 3.05) is 0 Å². The molecule has 2 nitrogen and oxygen atoms in total. The van der Waals surface area contributed by atoms with Crippen molar-refractivity contribution in [3.63, 3.8) is 0 Å². The monoisotopic (exact) mass is 470 g/mol. The Labute approximate surface area is 210 Å². The van der Waals surface area contributed by atoms with E-state index in [2.05, 4.69) is 40.7 Å². The number of fused-ring (bicyclic) bond motifs is 5. The molecule has 34 heavy (non-hydrogen) atoms. The molecule has 0 saturated heterocycles. The Morgan fingerprint density at radius 2 is 1.79 bits per heavy atom. The first-order valence-corrected chi connectivity index (χ1v) is 15.1. The predicted octanol–water partition coefficient (Wildman–Crippen LogP) is 9.29. The van der Waals surface area contributed by atoms with Crippen molar-refractivity contribution in [2.45, 2.75) is 131 Å². The lowest BCUT2D eigenvalue weighted by Crippen LogP contribution is -2.50. The highest BCUT2D eigenvalue weighted by Gasteiger charge is 2.59. The Morgan fingerprint density at radius 3 is 2.53 bits per heavy atom. The summed E-state index contributed by atoms with van der Waals surface area (Å²) in [6.07, 6.45) is 21.8. The third-order valence-corrected chi connectivity index (χ3v) is 11.7. The maximum Gasteiger partial charge on any atom is 0.303 e. The quantitative estimate of drug-likeness (QED) is 0.255. The van der Waals surface area contributed by atoms with E-state index in [1.165, 1.54) is 77.0 Å². The van der Waals surface area contributed by atoms with Crippen molar-refractivity contribution in [3.05, 3.63) is 11.6 Å². The fraction of sp³-hybridized carbons (Fsp3) is 0.906. The summed E-state index contributed by atoms with van der Waals surface area (Å²) < 4.78 is 0. The third-order valence-electron chi connectivity index (χ3n) is 11.7. The summed E-state index contributed by atoms with van der Waals surface area (Å²) in [7, 11) is 0. The zero-order chi connectivity index (χ0) is 24.5. The van der Waals surface area contributed by atoms with Crippen LogP contribution in [0, 0.1) is 52.3 Å². The van der Waals surface area contributed by atoms with E-state index in [1.54, 1.807) is 5.57 Å². The Morgan fingerprint density at radius 1 is 1.00 bits per heavy atom. The number of carbonyl (C=O) groups is 1. The van der Waals surface area contributed by atoms with Crippen LogP contribution >= 0.6 is 0 Å². The molecule has 194 valence electrons. The first kappa shape index (κ1) is 26.3. The van der Waals surface area contributed by atoms with Crippen LogP contribution in [0.4, 0.5) is 0 Å². The van der Waals surface area contributed by atoms with Gasteiger partial charge in [0.2, 0.25) is 0 Å². The molecule has 3 saturated carbocycles. The summed E-state index contributed by atoms with van der Waals surface area (Å²) in [5.41, 5.74) is 2.83. The summed E-state index contributed by atoms with van der Waals surface area (Å²) in [5.74, 6) is 5.63. The van der Waals surface area contributed by atoms with Crippen LogP contribution in [-0.2, 0) is 4.79 Å². The van der Waals surface area contributed by atoms with Gasteiger partial charge in [-0.1, -0.05) is 78.4 Å². The van der Waals surface area contributed by atoms with Crippen LogP contribution in [0.2, 0.25) is 0 Å². The van der Waals surface area contributed by atoms with Crippen LogP contribution in [0.5, 0.6) is 0 Å². The summed E-state index contributed by atoms with van der Waals surface area (Å²) in [4.78, 5) is 10.8. The van der Waals surface area contributed by atoms with Gasteiger partial charge in [-0.15, -0.1) is 0 Å². The zero-order valence-corrected chi connectivity index (χ0v) is 23.1. The highest BCUT2D eigenvalue weighted by Crippen LogP contribution is 2.67. The Bertz CT molecular complexity index is 737. The van der Waals surface area contributed by atoms with Crippen LogP contribution in [0.15, 0.2) is 11.6 Å². The van der Waals surface area contributed by atoms with Crippen LogP contribution in [0.1, 0.15) is 131 Å². The van der Waals surface area contributed by atoms with Crippen LogP contribution in [0.25, 0.3) is 0 Å². The van der Waals surface area contributed by atoms with Gasteiger partial charge in [-0.05, 0) is 110 Å². The molecule has 2 heteroatoms. The molecule has 0 spiro atoms. The van der Waals surface area contributed by atoms with Crippen molar-refractivity contribution in [1.29, 1.82) is 0 Å².